The number of aromatic amines is 1. The van der Waals surface area contributed by atoms with E-state index in [9.17, 15) is 43.0 Å². The maximum absolute atomic E-state index is 13.9. The molecule has 4 heterocycles. The molecule has 7 N–H and O–H groups in total. The van der Waals surface area contributed by atoms with Crippen molar-refractivity contribution >= 4 is 46.3 Å². The molecule has 18 heteroatoms. The summed E-state index contributed by atoms with van der Waals surface area (Å²) in [5, 5.41) is 17.0. The summed E-state index contributed by atoms with van der Waals surface area (Å²) >= 11 is 0. The van der Waals surface area contributed by atoms with Crippen molar-refractivity contribution < 1.29 is 47.7 Å². The van der Waals surface area contributed by atoms with Gasteiger partial charge < -0.3 is 40.6 Å². The minimum atomic E-state index is -2.72. The fourth-order valence-corrected chi connectivity index (χ4v) is 10.3. The van der Waals surface area contributed by atoms with Crippen LogP contribution in [0.15, 0.2) is 54.7 Å². The van der Waals surface area contributed by atoms with E-state index >= 15 is 0 Å². The molecular formula is C43H57N7O10S. The predicted molar refractivity (Wildman–Crippen MR) is 229 cm³/mol. The van der Waals surface area contributed by atoms with Crippen LogP contribution in [0.5, 0.6) is 0 Å². The molecule has 0 radical (unpaired) electrons. The van der Waals surface area contributed by atoms with E-state index in [0.29, 0.717) is 49.3 Å². The van der Waals surface area contributed by atoms with Gasteiger partial charge in [0.2, 0.25) is 17.7 Å². The zero-order valence-electron chi connectivity index (χ0n) is 35.2. The predicted octanol–water partition coefficient (Wildman–Crippen LogP) is 5.51. The fourth-order valence-electron chi connectivity index (χ4n) is 8.61. The summed E-state index contributed by atoms with van der Waals surface area (Å²) in [5.74, 6) is -1.08. The number of amides is 5. The van der Waals surface area contributed by atoms with E-state index in [1.54, 1.807) is 50.9 Å². The standard InChI is InChI=1S/C43H57N7O10S/c1-25(2)35(47-41(55)56)39(53)49-18-6-7-32(49)37-44-22-31(46-37)29-12-8-27(9-13-29)28-10-14-30(15-11-28)34(51)23-45-38(52)33-21-43(16-19-61(58,59)20-17-43)24-50(33)40(54)36(26(3)4)48-42(57)60-5/h8-15,22,25-26,32-33,35-36,47,58-59H,6-7,16-21,23-24H2,1-5H3,(H,44,46)(H,45,52)(H,48,57)(H,55,56)/t32-,33?,35-,36-/m0/s1. The summed E-state index contributed by atoms with van der Waals surface area (Å²) in [6.45, 7) is 7.58. The molecule has 0 saturated carbocycles. The number of ketones is 1. The Labute approximate surface area is 356 Å². The van der Waals surface area contributed by atoms with Gasteiger partial charge in [-0.15, -0.1) is 0 Å². The lowest BCUT2D eigenvalue weighted by Crippen LogP contribution is -2.55. The third-order valence-corrected chi connectivity index (χ3v) is 13.9. The van der Waals surface area contributed by atoms with Gasteiger partial charge in [-0.1, -0.05) is 76.2 Å². The summed E-state index contributed by atoms with van der Waals surface area (Å²) in [4.78, 5) is 89.1. The Bertz CT molecular complexity index is 2100. The molecule has 3 fully saturated rings. The monoisotopic (exact) mass is 863 g/mol. The van der Waals surface area contributed by atoms with Crippen LogP contribution in [0.3, 0.4) is 0 Å². The first-order valence-corrected chi connectivity index (χ1v) is 22.5. The summed E-state index contributed by atoms with van der Waals surface area (Å²) in [6, 6.07) is 11.7. The molecule has 2 aromatic carbocycles. The third-order valence-electron chi connectivity index (χ3n) is 12.2. The number of imidazole rings is 1. The number of likely N-dealkylation sites (tertiary alicyclic amines) is 2. The number of hydrogen-bond donors (Lipinski definition) is 7. The molecule has 1 unspecified atom stereocenters. The van der Waals surface area contributed by atoms with Crippen molar-refractivity contribution in [2.75, 3.05) is 38.2 Å². The van der Waals surface area contributed by atoms with Gasteiger partial charge in [-0.2, -0.15) is 10.6 Å². The topological polar surface area (TPSA) is 244 Å². The zero-order valence-corrected chi connectivity index (χ0v) is 36.0. The fraction of sp³-hybridized carbons (Fsp3) is 0.512. The molecule has 1 aromatic heterocycles. The second kappa shape index (κ2) is 18.7. The highest BCUT2D eigenvalue weighted by atomic mass is 32.3. The van der Waals surface area contributed by atoms with Crippen LogP contribution in [0.25, 0.3) is 22.4 Å². The highest BCUT2D eigenvalue weighted by Crippen LogP contribution is 2.54. The smallest absolute Gasteiger partial charge is 0.407 e. The summed E-state index contributed by atoms with van der Waals surface area (Å²) in [5.41, 5.74) is 3.19. The van der Waals surface area contributed by atoms with Gasteiger partial charge in [0.15, 0.2) is 5.78 Å². The van der Waals surface area contributed by atoms with E-state index in [4.69, 9.17) is 9.72 Å². The van der Waals surface area contributed by atoms with Gasteiger partial charge in [-0.25, -0.2) is 14.6 Å². The van der Waals surface area contributed by atoms with Crippen molar-refractivity contribution in [1.82, 2.24) is 35.7 Å². The largest absolute Gasteiger partial charge is 0.465 e. The van der Waals surface area contributed by atoms with Crippen LogP contribution < -0.4 is 16.0 Å². The molecular weight excluding hydrogens is 807 g/mol. The number of ether oxygens (including phenoxy) is 1. The van der Waals surface area contributed by atoms with E-state index in [0.717, 1.165) is 23.1 Å². The van der Waals surface area contributed by atoms with Gasteiger partial charge in [-0.3, -0.25) is 28.3 Å². The van der Waals surface area contributed by atoms with Gasteiger partial charge >= 0.3 is 12.2 Å². The molecule has 330 valence electrons. The van der Waals surface area contributed by atoms with Crippen LogP contribution in [-0.2, 0) is 19.1 Å². The Hall–Kier alpha value is -5.46. The Morgan fingerprint density at radius 1 is 0.869 bits per heavy atom. The third kappa shape index (κ3) is 10.4. The number of H-pyrrole nitrogens is 1. The molecule has 5 amide bonds. The summed E-state index contributed by atoms with van der Waals surface area (Å²) in [7, 11) is -1.52. The van der Waals surface area contributed by atoms with Crippen molar-refractivity contribution in [2.24, 2.45) is 17.3 Å². The van der Waals surface area contributed by atoms with Crippen molar-refractivity contribution in [3.63, 3.8) is 0 Å². The Morgan fingerprint density at radius 2 is 1.44 bits per heavy atom. The highest BCUT2D eigenvalue weighted by molar-refractivity contribution is 8.24. The van der Waals surface area contributed by atoms with Gasteiger partial charge in [0, 0.05) is 41.9 Å². The normalized spacial score (nSPS) is 20.9. The number of aromatic nitrogens is 2. The first-order chi connectivity index (χ1) is 28.9. The molecule has 1 spiro atoms. The van der Waals surface area contributed by atoms with Crippen LogP contribution in [0.1, 0.15) is 82.0 Å². The van der Waals surface area contributed by atoms with Crippen LogP contribution in [0, 0.1) is 17.3 Å². The number of benzene rings is 2. The number of Topliss-reactive ketones (excluding diaryl/α,β-unsaturated/α-hetero) is 1. The Kier molecular flexibility index (Phi) is 13.8. The maximum Gasteiger partial charge on any atom is 0.407 e. The Morgan fingerprint density at radius 3 is 2.03 bits per heavy atom. The number of methoxy groups -OCH3 is 1. The quantitative estimate of drug-likeness (QED) is 0.106. The lowest BCUT2D eigenvalue weighted by molar-refractivity contribution is -0.140. The Balaban J connectivity index is 1.08. The minimum absolute atomic E-state index is 0.182. The second-order valence-electron chi connectivity index (χ2n) is 17.1. The van der Waals surface area contributed by atoms with Gasteiger partial charge in [0.1, 0.15) is 23.9 Å². The molecule has 3 saturated heterocycles. The lowest BCUT2D eigenvalue weighted by Gasteiger charge is -2.44. The van der Waals surface area contributed by atoms with Crippen molar-refractivity contribution in [2.45, 2.75) is 84.0 Å². The van der Waals surface area contributed by atoms with Gasteiger partial charge in [-0.05, 0) is 60.5 Å². The van der Waals surface area contributed by atoms with E-state index < -0.39 is 58.1 Å². The van der Waals surface area contributed by atoms with Crippen LogP contribution >= 0.6 is 10.6 Å². The summed E-state index contributed by atoms with van der Waals surface area (Å²) in [6.07, 6.45) is 2.40. The summed E-state index contributed by atoms with van der Waals surface area (Å²) < 4.78 is 25.3. The van der Waals surface area contributed by atoms with Crippen molar-refractivity contribution in [3.8, 4) is 22.4 Å². The van der Waals surface area contributed by atoms with Crippen molar-refractivity contribution in [1.29, 1.82) is 0 Å². The molecule has 6 rings (SSSR count). The molecule has 3 aliphatic rings. The minimum Gasteiger partial charge on any atom is -0.465 e. The number of carbonyl (C=O) groups is 6. The van der Waals surface area contributed by atoms with Crippen molar-refractivity contribution in [3.05, 3.63) is 66.1 Å². The number of hydrogen-bond acceptors (Lipinski definition) is 10. The number of rotatable bonds is 13. The molecule has 0 aliphatic carbocycles. The first-order valence-electron chi connectivity index (χ1n) is 20.7. The molecule has 3 aromatic rings. The van der Waals surface area contributed by atoms with E-state index in [-0.39, 0.29) is 54.2 Å². The van der Waals surface area contributed by atoms with Crippen LogP contribution in [-0.4, -0.2) is 126 Å². The van der Waals surface area contributed by atoms with E-state index in [1.165, 1.54) is 12.0 Å². The molecule has 17 nitrogen and oxygen atoms in total. The average molecular weight is 864 g/mol. The molecule has 4 atom stereocenters. The number of carbonyl (C=O) groups excluding carboxylic acids is 5. The SMILES string of the molecule is COC(=O)N[C@H](C(=O)N1CC2(CCS(O)(O)CC2)CC1C(=O)NCC(=O)c1ccc(-c2ccc(-c3c[nH]c([C@@H]4CCCN4C(=O)[C@@H](NC(=O)O)C(C)C)n3)cc2)cc1)C(C)C. The van der Waals surface area contributed by atoms with E-state index in [2.05, 4.69) is 20.9 Å². The van der Waals surface area contributed by atoms with Gasteiger partial charge in [0.05, 0.1) is 25.4 Å². The van der Waals surface area contributed by atoms with E-state index in [1.807, 2.05) is 36.4 Å². The first kappa shape index (κ1) is 45.1. The number of carboxylic acid groups (broad SMARTS) is 1. The maximum atomic E-state index is 13.9. The number of alkyl carbamates (subject to hydrolysis) is 1. The van der Waals surface area contributed by atoms with Crippen LogP contribution in [0.2, 0.25) is 0 Å². The molecule has 0 bridgehead atoms. The second-order valence-corrected chi connectivity index (χ2v) is 19.5. The number of nitrogens with one attached hydrogen (secondary N) is 4. The number of nitrogens with zero attached hydrogens (tertiary/aromatic N) is 3. The molecule has 3 aliphatic heterocycles. The lowest BCUT2D eigenvalue weighted by atomic mass is 9.80. The van der Waals surface area contributed by atoms with Crippen LogP contribution in [0.4, 0.5) is 9.59 Å². The average Bonchev–Trinajstić information content (AvgIpc) is 4.01. The zero-order chi connectivity index (χ0) is 44.2. The highest BCUT2D eigenvalue weighted by Gasteiger charge is 2.52. The molecule has 61 heavy (non-hydrogen) atoms. The van der Waals surface area contributed by atoms with Gasteiger partial charge in [0.25, 0.3) is 0 Å².